The van der Waals surface area contributed by atoms with E-state index in [0.29, 0.717) is 11.5 Å². The van der Waals surface area contributed by atoms with Crippen LogP contribution in [0.5, 0.6) is 0 Å². The number of aliphatic hydroxyl groups is 1. The molecule has 4 unspecified atom stereocenters. The average molecular weight is 234 g/mol. The third kappa shape index (κ3) is 1.99. The van der Waals surface area contributed by atoms with Crippen LogP contribution in [0.1, 0.15) is 39.5 Å². The van der Waals surface area contributed by atoms with Gasteiger partial charge in [0.15, 0.2) is 0 Å². The molecule has 2 rings (SSSR count). The minimum atomic E-state index is -0.527. The topological polar surface area (TPSA) is 37.3 Å². The SMILES string of the molecule is C=C(C=O)C1CC2(C)C(=CC1O)CCCC2C. The van der Waals surface area contributed by atoms with Crippen molar-refractivity contribution in [1.29, 1.82) is 0 Å². The maximum Gasteiger partial charge on any atom is 0.145 e. The Labute approximate surface area is 103 Å². The van der Waals surface area contributed by atoms with E-state index in [-0.39, 0.29) is 11.3 Å². The van der Waals surface area contributed by atoms with E-state index in [1.165, 1.54) is 18.4 Å². The summed E-state index contributed by atoms with van der Waals surface area (Å²) in [7, 11) is 0. The number of aldehydes is 1. The molecule has 94 valence electrons. The Kier molecular flexibility index (Phi) is 3.26. The molecule has 2 aliphatic carbocycles. The number of carbonyl (C=O) groups is 1. The van der Waals surface area contributed by atoms with Crippen molar-refractivity contribution in [2.24, 2.45) is 17.3 Å². The number of hydrogen-bond acceptors (Lipinski definition) is 2. The second-order valence-corrected chi connectivity index (χ2v) is 5.90. The van der Waals surface area contributed by atoms with E-state index < -0.39 is 6.10 Å². The molecule has 0 saturated heterocycles. The molecule has 0 bridgehead atoms. The lowest BCUT2D eigenvalue weighted by atomic mass is 9.57. The standard InChI is InChI=1S/C15H22O2/c1-10(9-16)13-8-15(3)11(2)5-4-6-12(15)7-14(13)17/h7,9,11,13-14,17H,1,4-6,8H2,2-3H3. The van der Waals surface area contributed by atoms with Crippen LogP contribution in [-0.4, -0.2) is 17.5 Å². The molecule has 2 heteroatoms. The molecule has 2 aliphatic rings. The predicted octanol–water partition coefficient (Wildman–Crippen LogP) is 2.88. The van der Waals surface area contributed by atoms with Crippen molar-refractivity contribution in [3.05, 3.63) is 23.8 Å². The van der Waals surface area contributed by atoms with Crippen LogP contribution in [0.25, 0.3) is 0 Å². The Morgan fingerprint density at radius 2 is 2.35 bits per heavy atom. The molecule has 0 spiro atoms. The Bertz CT molecular complexity index is 369. The zero-order valence-electron chi connectivity index (χ0n) is 10.8. The molecular formula is C15H22O2. The van der Waals surface area contributed by atoms with Crippen molar-refractivity contribution in [2.75, 3.05) is 0 Å². The third-order valence-corrected chi connectivity index (χ3v) is 4.96. The molecule has 1 N–H and O–H groups in total. The van der Waals surface area contributed by atoms with Crippen LogP contribution in [-0.2, 0) is 4.79 Å². The first-order valence-corrected chi connectivity index (χ1v) is 6.52. The first-order valence-electron chi connectivity index (χ1n) is 6.52. The number of fused-ring (bicyclic) bond motifs is 1. The zero-order valence-corrected chi connectivity index (χ0v) is 10.8. The number of hydrogen-bond donors (Lipinski definition) is 1. The molecule has 0 amide bonds. The highest BCUT2D eigenvalue weighted by molar-refractivity contribution is 5.73. The van der Waals surface area contributed by atoms with Gasteiger partial charge in [0, 0.05) is 5.92 Å². The average Bonchev–Trinajstić information content (AvgIpc) is 2.31. The van der Waals surface area contributed by atoms with E-state index in [9.17, 15) is 9.90 Å². The van der Waals surface area contributed by atoms with Gasteiger partial charge in [0.2, 0.25) is 0 Å². The van der Waals surface area contributed by atoms with Crippen molar-refractivity contribution in [3.8, 4) is 0 Å². The molecule has 0 radical (unpaired) electrons. The first-order chi connectivity index (χ1) is 7.99. The van der Waals surface area contributed by atoms with Crippen LogP contribution in [0.2, 0.25) is 0 Å². The maximum atomic E-state index is 10.9. The van der Waals surface area contributed by atoms with Gasteiger partial charge in [0.1, 0.15) is 6.29 Å². The van der Waals surface area contributed by atoms with E-state index in [1.807, 2.05) is 6.08 Å². The van der Waals surface area contributed by atoms with Gasteiger partial charge in [-0.15, -0.1) is 0 Å². The van der Waals surface area contributed by atoms with Crippen LogP contribution in [0.15, 0.2) is 23.8 Å². The van der Waals surface area contributed by atoms with Crippen molar-refractivity contribution in [1.82, 2.24) is 0 Å². The molecule has 0 aromatic carbocycles. The number of aliphatic hydroxyl groups excluding tert-OH is 1. The summed E-state index contributed by atoms with van der Waals surface area (Å²) in [5, 5.41) is 10.1. The summed E-state index contributed by atoms with van der Waals surface area (Å²) < 4.78 is 0. The quantitative estimate of drug-likeness (QED) is 0.453. The highest BCUT2D eigenvalue weighted by atomic mass is 16.3. The van der Waals surface area contributed by atoms with Gasteiger partial charge in [-0.1, -0.05) is 32.1 Å². The van der Waals surface area contributed by atoms with Gasteiger partial charge in [-0.25, -0.2) is 0 Å². The van der Waals surface area contributed by atoms with Crippen molar-refractivity contribution >= 4 is 6.29 Å². The highest BCUT2D eigenvalue weighted by Gasteiger charge is 2.44. The summed E-state index contributed by atoms with van der Waals surface area (Å²) in [4.78, 5) is 10.9. The zero-order chi connectivity index (χ0) is 12.6. The highest BCUT2D eigenvalue weighted by Crippen LogP contribution is 2.52. The van der Waals surface area contributed by atoms with Gasteiger partial charge in [-0.3, -0.25) is 4.79 Å². The normalized spacial score (nSPS) is 41.4. The number of rotatable bonds is 2. The summed E-state index contributed by atoms with van der Waals surface area (Å²) in [6.45, 7) is 8.34. The van der Waals surface area contributed by atoms with Gasteiger partial charge in [-0.2, -0.15) is 0 Å². The fourth-order valence-corrected chi connectivity index (χ4v) is 3.46. The number of carbonyl (C=O) groups excluding carboxylic acids is 1. The summed E-state index contributed by atoms with van der Waals surface area (Å²) in [6.07, 6.45) is 6.67. The molecule has 0 aromatic rings. The van der Waals surface area contributed by atoms with Gasteiger partial charge in [0.05, 0.1) is 6.10 Å². The Morgan fingerprint density at radius 1 is 1.65 bits per heavy atom. The molecular weight excluding hydrogens is 212 g/mol. The van der Waals surface area contributed by atoms with Crippen LogP contribution < -0.4 is 0 Å². The van der Waals surface area contributed by atoms with E-state index in [0.717, 1.165) is 19.1 Å². The van der Waals surface area contributed by atoms with E-state index >= 15 is 0 Å². The lowest BCUT2D eigenvalue weighted by Gasteiger charge is -2.48. The first kappa shape index (κ1) is 12.6. The predicted molar refractivity (Wildman–Crippen MR) is 68.5 cm³/mol. The lowest BCUT2D eigenvalue weighted by molar-refractivity contribution is -0.105. The summed E-state index contributed by atoms with van der Waals surface area (Å²) in [6, 6.07) is 0. The summed E-state index contributed by atoms with van der Waals surface area (Å²) in [5.41, 5.74) is 2.07. The second kappa shape index (κ2) is 4.41. The van der Waals surface area contributed by atoms with E-state index in [1.54, 1.807) is 0 Å². The fraction of sp³-hybridized carbons (Fsp3) is 0.667. The molecule has 17 heavy (non-hydrogen) atoms. The second-order valence-electron chi connectivity index (χ2n) is 5.90. The molecule has 0 aliphatic heterocycles. The molecule has 4 atom stereocenters. The molecule has 1 fully saturated rings. The van der Waals surface area contributed by atoms with Crippen LogP contribution in [0.4, 0.5) is 0 Å². The van der Waals surface area contributed by atoms with Crippen molar-refractivity contribution in [3.63, 3.8) is 0 Å². The summed E-state index contributed by atoms with van der Waals surface area (Å²) in [5.74, 6) is 0.527. The summed E-state index contributed by atoms with van der Waals surface area (Å²) >= 11 is 0. The lowest BCUT2D eigenvalue weighted by Crippen LogP contribution is -2.41. The van der Waals surface area contributed by atoms with Crippen molar-refractivity contribution < 1.29 is 9.90 Å². The fourth-order valence-electron chi connectivity index (χ4n) is 3.46. The van der Waals surface area contributed by atoms with Gasteiger partial charge >= 0.3 is 0 Å². The van der Waals surface area contributed by atoms with Gasteiger partial charge in [0.25, 0.3) is 0 Å². The molecule has 0 aromatic heterocycles. The Balaban J connectivity index is 2.33. The van der Waals surface area contributed by atoms with E-state index in [4.69, 9.17) is 0 Å². The third-order valence-electron chi connectivity index (χ3n) is 4.96. The van der Waals surface area contributed by atoms with Gasteiger partial charge in [-0.05, 0) is 42.6 Å². The van der Waals surface area contributed by atoms with Crippen LogP contribution in [0.3, 0.4) is 0 Å². The molecule has 1 saturated carbocycles. The largest absolute Gasteiger partial charge is 0.388 e. The number of allylic oxidation sites excluding steroid dienone is 1. The van der Waals surface area contributed by atoms with Gasteiger partial charge < -0.3 is 5.11 Å². The van der Waals surface area contributed by atoms with Crippen LogP contribution >= 0.6 is 0 Å². The smallest absolute Gasteiger partial charge is 0.145 e. The van der Waals surface area contributed by atoms with Crippen molar-refractivity contribution in [2.45, 2.75) is 45.6 Å². The monoisotopic (exact) mass is 234 g/mol. The Morgan fingerprint density at radius 3 is 3.00 bits per heavy atom. The molecule has 2 nitrogen and oxygen atoms in total. The van der Waals surface area contributed by atoms with Crippen LogP contribution in [0, 0.1) is 17.3 Å². The maximum absolute atomic E-state index is 10.9. The van der Waals surface area contributed by atoms with E-state index in [2.05, 4.69) is 20.4 Å². The minimum absolute atomic E-state index is 0.0956. The minimum Gasteiger partial charge on any atom is -0.388 e. The Hall–Kier alpha value is -0.890. The molecule has 0 heterocycles.